The van der Waals surface area contributed by atoms with Gasteiger partial charge in [-0.05, 0) is 19.1 Å². The van der Waals surface area contributed by atoms with Gasteiger partial charge in [0.25, 0.3) is 0 Å². The van der Waals surface area contributed by atoms with Crippen LogP contribution in [0.1, 0.15) is 13.3 Å². The molecule has 0 fully saturated rings. The summed E-state index contributed by atoms with van der Waals surface area (Å²) in [6.07, 6.45) is 4.86. The van der Waals surface area contributed by atoms with Crippen molar-refractivity contribution < 1.29 is 9.59 Å². The first kappa shape index (κ1) is 6.93. The first-order valence-electron chi connectivity index (χ1n) is 3.14. The second kappa shape index (κ2) is 2.60. The van der Waals surface area contributed by atoms with Crippen LogP contribution in [0, 0.1) is 0 Å². The van der Waals surface area contributed by atoms with Gasteiger partial charge >= 0.3 is 0 Å². The summed E-state index contributed by atoms with van der Waals surface area (Å²) in [6.45, 7) is 1.78. The number of carbonyl (C=O) groups is 2. The molecule has 1 aliphatic carbocycles. The molecule has 0 spiro atoms. The number of hydrogen-bond acceptors (Lipinski definition) is 2. The van der Waals surface area contributed by atoms with Crippen LogP contribution in [0.25, 0.3) is 0 Å². The lowest BCUT2D eigenvalue weighted by molar-refractivity contribution is -0.119. The highest BCUT2D eigenvalue weighted by Crippen LogP contribution is 2.15. The van der Waals surface area contributed by atoms with Crippen LogP contribution >= 0.6 is 0 Å². The van der Waals surface area contributed by atoms with E-state index >= 15 is 0 Å². The van der Waals surface area contributed by atoms with Crippen LogP contribution in [0.15, 0.2) is 23.8 Å². The molecule has 0 saturated carbocycles. The summed E-state index contributed by atoms with van der Waals surface area (Å²) >= 11 is 0. The summed E-state index contributed by atoms with van der Waals surface area (Å²) in [5.74, 6) is 0.00922. The summed E-state index contributed by atoms with van der Waals surface area (Å²) < 4.78 is 0. The van der Waals surface area contributed by atoms with Crippen LogP contribution in [0.2, 0.25) is 0 Å². The highest BCUT2D eigenvalue weighted by Gasteiger charge is 2.19. The molecule has 1 rings (SSSR count). The van der Waals surface area contributed by atoms with Crippen molar-refractivity contribution in [2.24, 2.45) is 0 Å². The SMILES string of the molecule is C/C=C/C(=O)C1=CC(=O)C1. The van der Waals surface area contributed by atoms with E-state index in [1.807, 2.05) is 0 Å². The van der Waals surface area contributed by atoms with Crippen molar-refractivity contribution in [1.82, 2.24) is 0 Å². The predicted octanol–water partition coefficient (Wildman–Crippen LogP) is 1.03. The average Bonchev–Trinajstić information content (AvgIpc) is 1.82. The van der Waals surface area contributed by atoms with E-state index in [4.69, 9.17) is 0 Å². The predicted molar refractivity (Wildman–Crippen MR) is 37.5 cm³/mol. The van der Waals surface area contributed by atoms with Gasteiger partial charge in [0, 0.05) is 12.0 Å². The number of carbonyl (C=O) groups excluding carboxylic acids is 2. The van der Waals surface area contributed by atoms with Gasteiger partial charge in [-0.1, -0.05) is 6.08 Å². The largest absolute Gasteiger partial charge is 0.294 e. The summed E-state index contributed by atoms with van der Waals surface area (Å²) in [5.41, 5.74) is 0.628. The lowest BCUT2D eigenvalue weighted by Crippen LogP contribution is -2.14. The molecule has 10 heavy (non-hydrogen) atoms. The molecule has 0 atom stereocenters. The molecule has 0 radical (unpaired) electrons. The van der Waals surface area contributed by atoms with Crippen LogP contribution in [0.4, 0.5) is 0 Å². The molecular weight excluding hydrogens is 128 g/mol. The van der Waals surface area contributed by atoms with Gasteiger partial charge in [0.05, 0.1) is 0 Å². The van der Waals surface area contributed by atoms with E-state index in [0.29, 0.717) is 12.0 Å². The Morgan fingerprint density at radius 1 is 1.70 bits per heavy atom. The van der Waals surface area contributed by atoms with Gasteiger partial charge in [-0.15, -0.1) is 0 Å². The molecule has 0 N–H and O–H groups in total. The van der Waals surface area contributed by atoms with Crippen LogP contribution in [0.5, 0.6) is 0 Å². The van der Waals surface area contributed by atoms with Gasteiger partial charge in [-0.2, -0.15) is 0 Å². The molecule has 0 saturated heterocycles. The minimum atomic E-state index is -0.0397. The van der Waals surface area contributed by atoms with E-state index in [1.165, 1.54) is 12.2 Å². The lowest BCUT2D eigenvalue weighted by Gasteiger charge is -2.08. The Kier molecular flexibility index (Phi) is 1.81. The zero-order valence-electron chi connectivity index (χ0n) is 5.76. The van der Waals surface area contributed by atoms with Crippen molar-refractivity contribution in [1.29, 1.82) is 0 Å². The topological polar surface area (TPSA) is 34.1 Å². The highest BCUT2D eigenvalue weighted by molar-refractivity contribution is 6.17. The molecule has 1 aliphatic rings. The first-order chi connectivity index (χ1) is 4.74. The molecule has 2 nitrogen and oxygen atoms in total. The van der Waals surface area contributed by atoms with Gasteiger partial charge in [-0.25, -0.2) is 0 Å². The maximum absolute atomic E-state index is 10.9. The molecule has 0 heterocycles. The van der Waals surface area contributed by atoms with E-state index in [1.54, 1.807) is 13.0 Å². The normalized spacial score (nSPS) is 16.9. The molecule has 0 amide bonds. The number of rotatable bonds is 2. The molecule has 0 aromatic carbocycles. The number of hydrogen-bond donors (Lipinski definition) is 0. The Bertz CT molecular complexity index is 234. The minimum absolute atomic E-state index is 0.0397. The fourth-order valence-corrected chi connectivity index (χ4v) is 0.770. The van der Waals surface area contributed by atoms with Gasteiger partial charge < -0.3 is 0 Å². The first-order valence-corrected chi connectivity index (χ1v) is 3.14. The Balaban J connectivity index is 2.61. The fraction of sp³-hybridized carbons (Fsp3) is 0.250. The van der Waals surface area contributed by atoms with E-state index in [-0.39, 0.29) is 11.6 Å². The van der Waals surface area contributed by atoms with Crippen molar-refractivity contribution in [2.45, 2.75) is 13.3 Å². The second-order valence-electron chi connectivity index (χ2n) is 2.18. The Morgan fingerprint density at radius 3 is 2.70 bits per heavy atom. The van der Waals surface area contributed by atoms with Crippen molar-refractivity contribution in [3.63, 3.8) is 0 Å². The maximum atomic E-state index is 10.9. The zero-order chi connectivity index (χ0) is 7.56. The third kappa shape index (κ3) is 1.21. The molecule has 0 aliphatic heterocycles. The van der Waals surface area contributed by atoms with E-state index < -0.39 is 0 Å². The van der Waals surface area contributed by atoms with Gasteiger partial charge in [0.15, 0.2) is 11.6 Å². The molecule has 0 unspecified atom stereocenters. The molecular formula is C8H8O2. The van der Waals surface area contributed by atoms with E-state index in [9.17, 15) is 9.59 Å². The van der Waals surface area contributed by atoms with Crippen LogP contribution in [-0.4, -0.2) is 11.6 Å². The minimum Gasteiger partial charge on any atom is -0.294 e. The molecule has 2 heteroatoms. The van der Waals surface area contributed by atoms with Crippen LogP contribution in [-0.2, 0) is 9.59 Å². The standard InChI is InChI=1S/C8H8O2/c1-2-3-8(10)6-4-7(9)5-6/h2-4H,5H2,1H3/b3-2+. The van der Waals surface area contributed by atoms with Gasteiger partial charge in [0.1, 0.15) is 0 Å². The second-order valence-corrected chi connectivity index (χ2v) is 2.18. The quantitative estimate of drug-likeness (QED) is 0.531. The van der Waals surface area contributed by atoms with E-state index in [0.717, 1.165) is 0 Å². The zero-order valence-corrected chi connectivity index (χ0v) is 5.76. The fourth-order valence-electron chi connectivity index (χ4n) is 0.770. The monoisotopic (exact) mass is 136 g/mol. The lowest BCUT2D eigenvalue weighted by atomic mass is 9.94. The smallest absolute Gasteiger partial charge is 0.182 e. The summed E-state index contributed by atoms with van der Waals surface area (Å²) in [7, 11) is 0. The van der Waals surface area contributed by atoms with Gasteiger partial charge in [0.2, 0.25) is 0 Å². The molecule has 0 bridgehead atoms. The van der Waals surface area contributed by atoms with Crippen molar-refractivity contribution in [2.75, 3.05) is 0 Å². The highest BCUT2D eigenvalue weighted by atomic mass is 16.1. The van der Waals surface area contributed by atoms with E-state index in [2.05, 4.69) is 0 Å². The van der Waals surface area contributed by atoms with Crippen LogP contribution in [0.3, 0.4) is 0 Å². The summed E-state index contributed by atoms with van der Waals surface area (Å²) in [6, 6.07) is 0. The molecule has 0 aromatic rings. The third-order valence-corrected chi connectivity index (χ3v) is 1.33. The Hall–Kier alpha value is -1.18. The third-order valence-electron chi connectivity index (χ3n) is 1.33. The Morgan fingerprint density at radius 2 is 2.30 bits per heavy atom. The maximum Gasteiger partial charge on any atom is 0.182 e. The van der Waals surface area contributed by atoms with Crippen molar-refractivity contribution >= 4 is 11.6 Å². The number of allylic oxidation sites excluding steroid dienone is 4. The average molecular weight is 136 g/mol. The molecule has 0 aromatic heterocycles. The number of ketones is 2. The summed E-state index contributed by atoms with van der Waals surface area (Å²) in [4.78, 5) is 21.2. The summed E-state index contributed by atoms with van der Waals surface area (Å²) in [5, 5.41) is 0. The van der Waals surface area contributed by atoms with Crippen LogP contribution < -0.4 is 0 Å². The van der Waals surface area contributed by atoms with Gasteiger partial charge in [-0.3, -0.25) is 9.59 Å². The van der Waals surface area contributed by atoms with Crippen molar-refractivity contribution in [3.8, 4) is 0 Å². The Labute approximate surface area is 59.2 Å². The molecule has 52 valence electrons. The van der Waals surface area contributed by atoms with Crippen molar-refractivity contribution in [3.05, 3.63) is 23.8 Å².